The van der Waals surface area contributed by atoms with Crippen molar-refractivity contribution >= 4 is 11.5 Å². The van der Waals surface area contributed by atoms with Gasteiger partial charge in [0.15, 0.2) is 5.84 Å². The van der Waals surface area contributed by atoms with Gasteiger partial charge in [-0.25, -0.2) is 23.8 Å². The largest absolute Gasteiger partial charge is 0.358 e. The second-order valence-electron chi connectivity index (χ2n) is 5.84. The molecule has 0 saturated heterocycles. The lowest BCUT2D eigenvalue weighted by atomic mass is 10.2. The van der Waals surface area contributed by atoms with E-state index in [9.17, 15) is 9.59 Å². The molecule has 0 unspecified atom stereocenters. The van der Waals surface area contributed by atoms with Gasteiger partial charge in [-0.3, -0.25) is 0 Å². The highest BCUT2D eigenvalue weighted by Gasteiger charge is 2.21. The van der Waals surface area contributed by atoms with Gasteiger partial charge in [0.25, 0.3) is 0 Å². The third-order valence-corrected chi connectivity index (χ3v) is 4.08. The van der Waals surface area contributed by atoms with E-state index in [0.29, 0.717) is 18.1 Å². The standard InChI is InChI=1S/C19H16N4O2/c1-14-9-11-15(12-10-14)20-17-8-5-13-21-18(24)22(19(25)23(17)21)16-6-3-2-4-7-16/h2-12H,13H2,1H3. The first kappa shape index (κ1) is 15.1. The molecule has 25 heavy (non-hydrogen) atoms. The molecule has 1 aliphatic heterocycles. The van der Waals surface area contributed by atoms with E-state index in [1.165, 1.54) is 9.36 Å². The van der Waals surface area contributed by atoms with Crippen molar-refractivity contribution in [3.63, 3.8) is 0 Å². The Kier molecular flexibility index (Phi) is 3.57. The number of allylic oxidation sites excluding steroid dienone is 2. The van der Waals surface area contributed by atoms with Crippen LogP contribution in [0.5, 0.6) is 0 Å². The molecule has 2 aromatic carbocycles. The Hall–Kier alpha value is -3.41. The first-order valence-electron chi connectivity index (χ1n) is 7.98. The van der Waals surface area contributed by atoms with Crippen LogP contribution >= 0.6 is 0 Å². The van der Waals surface area contributed by atoms with Crippen LogP contribution in [0.4, 0.5) is 5.69 Å². The van der Waals surface area contributed by atoms with Crippen LogP contribution in [-0.4, -0.2) is 19.8 Å². The molecule has 3 aromatic rings. The van der Waals surface area contributed by atoms with Gasteiger partial charge in [0, 0.05) is 0 Å². The number of aliphatic imine (C=N–C) groups is 1. The summed E-state index contributed by atoms with van der Waals surface area (Å²) in [6.45, 7) is 2.33. The van der Waals surface area contributed by atoms with Crippen LogP contribution in [0.1, 0.15) is 5.56 Å². The third kappa shape index (κ3) is 2.57. The Morgan fingerprint density at radius 3 is 2.36 bits per heavy atom. The van der Waals surface area contributed by atoms with Crippen molar-refractivity contribution in [3.05, 3.63) is 93.3 Å². The summed E-state index contributed by atoms with van der Waals surface area (Å²) in [5.41, 5.74) is 1.60. The van der Waals surface area contributed by atoms with Gasteiger partial charge >= 0.3 is 11.4 Å². The fourth-order valence-electron chi connectivity index (χ4n) is 2.82. The highest BCUT2D eigenvalue weighted by atomic mass is 16.2. The van der Waals surface area contributed by atoms with Crippen LogP contribution in [0.15, 0.2) is 81.3 Å². The molecule has 6 heteroatoms. The zero-order chi connectivity index (χ0) is 17.4. The lowest BCUT2D eigenvalue weighted by molar-refractivity contribution is 0.598. The Balaban J connectivity index is 1.91. The zero-order valence-corrected chi connectivity index (χ0v) is 13.7. The van der Waals surface area contributed by atoms with Crippen LogP contribution in [0, 0.1) is 6.92 Å². The van der Waals surface area contributed by atoms with E-state index in [1.807, 2.05) is 43.3 Å². The SMILES string of the molecule is Cc1ccc(N=C2C=CCn3c(=O)n(-c4ccccc4)c(=O)n32)cc1. The van der Waals surface area contributed by atoms with Crippen LogP contribution < -0.4 is 11.4 Å². The second kappa shape index (κ2) is 5.90. The van der Waals surface area contributed by atoms with E-state index in [-0.39, 0.29) is 5.69 Å². The molecule has 0 radical (unpaired) electrons. The van der Waals surface area contributed by atoms with Crippen molar-refractivity contribution in [3.8, 4) is 5.69 Å². The lowest BCUT2D eigenvalue weighted by Gasteiger charge is -2.12. The molecular weight excluding hydrogens is 316 g/mol. The summed E-state index contributed by atoms with van der Waals surface area (Å²) < 4.78 is 3.88. The van der Waals surface area contributed by atoms with Crippen LogP contribution in [-0.2, 0) is 6.54 Å². The molecule has 1 aliphatic rings. The molecule has 0 atom stereocenters. The molecule has 0 bridgehead atoms. The summed E-state index contributed by atoms with van der Waals surface area (Å²) in [5.74, 6) is 0.423. The molecule has 0 amide bonds. The van der Waals surface area contributed by atoms with E-state index in [4.69, 9.17) is 0 Å². The average molecular weight is 332 g/mol. The number of hydrogen-bond acceptors (Lipinski definition) is 3. The Morgan fingerprint density at radius 2 is 1.64 bits per heavy atom. The summed E-state index contributed by atoms with van der Waals surface area (Å²) in [7, 11) is 0. The van der Waals surface area contributed by atoms with Gasteiger partial charge in [-0.1, -0.05) is 42.0 Å². The Bertz CT molecular complexity index is 1100. The first-order valence-corrected chi connectivity index (χ1v) is 7.98. The summed E-state index contributed by atoms with van der Waals surface area (Å²) in [6.07, 6.45) is 3.58. The number of fused-ring (bicyclic) bond motifs is 1. The molecule has 1 aromatic heterocycles. The second-order valence-corrected chi connectivity index (χ2v) is 5.84. The molecule has 4 rings (SSSR count). The van der Waals surface area contributed by atoms with Gasteiger partial charge < -0.3 is 0 Å². The first-order chi connectivity index (χ1) is 12.1. The highest BCUT2D eigenvalue weighted by molar-refractivity contribution is 5.96. The molecule has 0 aliphatic carbocycles. The number of hydrogen-bond donors (Lipinski definition) is 0. The Labute approximate surface area is 143 Å². The monoisotopic (exact) mass is 332 g/mol. The predicted molar refractivity (Wildman–Crippen MR) is 97.1 cm³/mol. The van der Waals surface area contributed by atoms with Crippen molar-refractivity contribution in [2.45, 2.75) is 13.5 Å². The van der Waals surface area contributed by atoms with Crippen molar-refractivity contribution in [1.29, 1.82) is 0 Å². The number of nitrogens with zero attached hydrogens (tertiary/aromatic N) is 4. The van der Waals surface area contributed by atoms with Crippen molar-refractivity contribution in [1.82, 2.24) is 13.9 Å². The van der Waals surface area contributed by atoms with Crippen LogP contribution in [0.2, 0.25) is 0 Å². The molecule has 2 heterocycles. The third-order valence-electron chi connectivity index (χ3n) is 4.08. The fraction of sp³-hybridized carbons (Fsp3) is 0.105. The highest BCUT2D eigenvalue weighted by Crippen LogP contribution is 2.14. The quantitative estimate of drug-likeness (QED) is 0.723. The van der Waals surface area contributed by atoms with Crippen LogP contribution in [0.25, 0.3) is 5.69 Å². The molecule has 0 spiro atoms. The predicted octanol–water partition coefficient (Wildman–Crippen LogP) is 2.26. The van der Waals surface area contributed by atoms with Gasteiger partial charge in [-0.05, 0) is 37.3 Å². The number of benzene rings is 2. The average Bonchev–Trinajstić information content (AvgIpc) is 2.89. The van der Waals surface area contributed by atoms with Crippen molar-refractivity contribution < 1.29 is 0 Å². The zero-order valence-electron chi connectivity index (χ0n) is 13.7. The van der Waals surface area contributed by atoms with Gasteiger partial charge in [0.2, 0.25) is 0 Å². The van der Waals surface area contributed by atoms with Gasteiger partial charge in [0.1, 0.15) is 0 Å². The van der Waals surface area contributed by atoms with E-state index < -0.39 is 5.69 Å². The smallest absolute Gasteiger partial charge is 0.245 e. The van der Waals surface area contributed by atoms with Gasteiger partial charge in [0.05, 0.1) is 17.9 Å². The van der Waals surface area contributed by atoms with E-state index in [2.05, 4.69) is 4.99 Å². The maximum Gasteiger partial charge on any atom is 0.358 e. The summed E-state index contributed by atoms with van der Waals surface area (Å²) in [6, 6.07) is 16.6. The summed E-state index contributed by atoms with van der Waals surface area (Å²) >= 11 is 0. The van der Waals surface area contributed by atoms with Gasteiger partial charge in [-0.2, -0.15) is 4.68 Å². The maximum atomic E-state index is 12.9. The summed E-state index contributed by atoms with van der Waals surface area (Å²) in [4.78, 5) is 30.1. The molecular formula is C19H16N4O2. The number of rotatable bonds is 2. The van der Waals surface area contributed by atoms with E-state index >= 15 is 0 Å². The van der Waals surface area contributed by atoms with Gasteiger partial charge in [-0.15, -0.1) is 0 Å². The number of aryl methyl sites for hydroxylation is 1. The summed E-state index contributed by atoms with van der Waals surface area (Å²) in [5, 5.41) is 0. The normalized spacial score (nSPS) is 14.7. The molecule has 0 saturated carbocycles. The molecule has 6 nitrogen and oxygen atoms in total. The van der Waals surface area contributed by atoms with Crippen LogP contribution in [0.3, 0.4) is 0 Å². The molecule has 0 N–H and O–H groups in total. The van der Waals surface area contributed by atoms with E-state index in [0.717, 1.165) is 15.8 Å². The van der Waals surface area contributed by atoms with Crippen molar-refractivity contribution in [2.75, 3.05) is 0 Å². The maximum absolute atomic E-state index is 12.9. The van der Waals surface area contributed by atoms with Crippen molar-refractivity contribution in [2.24, 2.45) is 4.99 Å². The minimum atomic E-state index is -0.425. The number of aromatic nitrogens is 3. The minimum Gasteiger partial charge on any atom is -0.245 e. The number of para-hydroxylation sites is 1. The topological polar surface area (TPSA) is 61.3 Å². The fourth-order valence-corrected chi connectivity index (χ4v) is 2.82. The molecule has 0 fully saturated rings. The Morgan fingerprint density at radius 1 is 0.920 bits per heavy atom. The minimum absolute atomic E-state index is 0.334. The van der Waals surface area contributed by atoms with E-state index in [1.54, 1.807) is 30.3 Å². The lowest BCUT2D eigenvalue weighted by Crippen LogP contribution is -2.34. The molecule has 124 valence electrons.